The van der Waals surface area contributed by atoms with Gasteiger partial charge in [0, 0.05) is 24.2 Å². The standard InChI is InChI=1S/C11H16FNO2/c1-7(14)6-13-8(2)10-4-3-9(12)5-11(10)15/h3-5,7-8,13-15H,6H2,1-2H3/t7-,8?/m0/s1. The van der Waals surface area contributed by atoms with Gasteiger partial charge in [-0.2, -0.15) is 0 Å². The third-order valence-corrected chi connectivity index (χ3v) is 2.18. The van der Waals surface area contributed by atoms with E-state index < -0.39 is 11.9 Å². The van der Waals surface area contributed by atoms with E-state index in [1.807, 2.05) is 6.92 Å². The molecule has 1 rings (SSSR count). The number of hydrogen-bond donors (Lipinski definition) is 3. The minimum absolute atomic E-state index is 0.0689. The van der Waals surface area contributed by atoms with Crippen molar-refractivity contribution in [2.24, 2.45) is 0 Å². The van der Waals surface area contributed by atoms with E-state index >= 15 is 0 Å². The Kier molecular flexibility index (Phi) is 4.05. The van der Waals surface area contributed by atoms with Crippen molar-refractivity contribution in [3.05, 3.63) is 29.6 Å². The summed E-state index contributed by atoms with van der Waals surface area (Å²) in [5.74, 6) is -0.528. The fraction of sp³-hybridized carbons (Fsp3) is 0.455. The van der Waals surface area contributed by atoms with E-state index in [0.717, 1.165) is 6.07 Å². The number of rotatable bonds is 4. The summed E-state index contributed by atoms with van der Waals surface area (Å²) in [6.07, 6.45) is -0.449. The van der Waals surface area contributed by atoms with Gasteiger partial charge in [0.1, 0.15) is 11.6 Å². The van der Waals surface area contributed by atoms with Crippen molar-refractivity contribution in [1.29, 1.82) is 0 Å². The molecule has 1 aromatic carbocycles. The number of aliphatic hydroxyl groups excluding tert-OH is 1. The summed E-state index contributed by atoms with van der Waals surface area (Å²) >= 11 is 0. The highest BCUT2D eigenvalue weighted by atomic mass is 19.1. The molecule has 0 aliphatic carbocycles. The monoisotopic (exact) mass is 213 g/mol. The first-order valence-electron chi connectivity index (χ1n) is 4.90. The molecule has 0 bridgehead atoms. The minimum Gasteiger partial charge on any atom is -0.508 e. The minimum atomic E-state index is -0.459. The highest BCUT2D eigenvalue weighted by Crippen LogP contribution is 2.24. The van der Waals surface area contributed by atoms with Gasteiger partial charge in [-0.15, -0.1) is 0 Å². The molecule has 15 heavy (non-hydrogen) atoms. The quantitative estimate of drug-likeness (QED) is 0.711. The molecule has 0 fully saturated rings. The van der Waals surface area contributed by atoms with Gasteiger partial charge in [0.2, 0.25) is 0 Å². The molecule has 0 amide bonds. The second-order valence-electron chi connectivity index (χ2n) is 3.68. The molecule has 4 heteroatoms. The topological polar surface area (TPSA) is 52.5 Å². The van der Waals surface area contributed by atoms with Crippen molar-refractivity contribution < 1.29 is 14.6 Å². The lowest BCUT2D eigenvalue weighted by atomic mass is 10.1. The zero-order valence-electron chi connectivity index (χ0n) is 8.87. The Morgan fingerprint density at radius 1 is 1.40 bits per heavy atom. The number of phenolic OH excluding ortho intramolecular Hbond substituents is 1. The predicted molar refractivity (Wildman–Crippen MR) is 56.2 cm³/mol. The number of aromatic hydroxyl groups is 1. The van der Waals surface area contributed by atoms with Crippen LogP contribution >= 0.6 is 0 Å². The van der Waals surface area contributed by atoms with Gasteiger partial charge >= 0.3 is 0 Å². The van der Waals surface area contributed by atoms with Gasteiger partial charge in [0.15, 0.2) is 0 Å². The van der Waals surface area contributed by atoms with Crippen molar-refractivity contribution in [2.45, 2.75) is 26.0 Å². The molecule has 0 heterocycles. The van der Waals surface area contributed by atoms with Gasteiger partial charge in [0.25, 0.3) is 0 Å². The summed E-state index contributed by atoms with van der Waals surface area (Å²) in [4.78, 5) is 0. The Morgan fingerprint density at radius 2 is 2.07 bits per heavy atom. The molecule has 2 atom stereocenters. The number of nitrogens with one attached hydrogen (secondary N) is 1. The highest BCUT2D eigenvalue weighted by molar-refractivity contribution is 5.34. The normalized spacial score (nSPS) is 14.9. The third kappa shape index (κ3) is 3.49. The summed E-state index contributed by atoms with van der Waals surface area (Å²) in [5, 5.41) is 21.6. The summed E-state index contributed by atoms with van der Waals surface area (Å²) < 4.78 is 12.7. The summed E-state index contributed by atoms with van der Waals surface area (Å²) in [7, 11) is 0. The van der Waals surface area contributed by atoms with E-state index in [1.165, 1.54) is 12.1 Å². The smallest absolute Gasteiger partial charge is 0.126 e. The van der Waals surface area contributed by atoms with Crippen molar-refractivity contribution in [1.82, 2.24) is 5.32 Å². The van der Waals surface area contributed by atoms with Crippen LogP contribution in [0.4, 0.5) is 4.39 Å². The number of aliphatic hydroxyl groups is 1. The maximum absolute atomic E-state index is 12.7. The molecular formula is C11H16FNO2. The zero-order valence-corrected chi connectivity index (χ0v) is 8.87. The predicted octanol–water partition coefficient (Wildman–Crippen LogP) is 1.56. The molecule has 3 nitrogen and oxygen atoms in total. The second kappa shape index (κ2) is 5.09. The Bertz CT molecular complexity index is 328. The lowest BCUT2D eigenvalue weighted by molar-refractivity contribution is 0.187. The molecule has 3 N–H and O–H groups in total. The van der Waals surface area contributed by atoms with Crippen LogP contribution in [-0.4, -0.2) is 22.9 Å². The van der Waals surface area contributed by atoms with Crippen LogP contribution < -0.4 is 5.32 Å². The Balaban J connectivity index is 2.69. The van der Waals surface area contributed by atoms with Gasteiger partial charge in [0.05, 0.1) is 6.10 Å². The number of benzene rings is 1. The molecule has 0 aliphatic rings. The second-order valence-corrected chi connectivity index (χ2v) is 3.68. The third-order valence-electron chi connectivity index (χ3n) is 2.18. The van der Waals surface area contributed by atoms with Crippen LogP contribution in [-0.2, 0) is 0 Å². The summed E-state index contributed by atoms with van der Waals surface area (Å²) in [6, 6.07) is 3.79. The maximum atomic E-state index is 12.7. The van der Waals surface area contributed by atoms with Crippen LogP contribution in [0.2, 0.25) is 0 Å². The number of hydrogen-bond acceptors (Lipinski definition) is 3. The van der Waals surface area contributed by atoms with E-state index in [9.17, 15) is 9.50 Å². The lowest BCUT2D eigenvalue weighted by Crippen LogP contribution is -2.27. The largest absolute Gasteiger partial charge is 0.508 e. The van der Waals surface area contributed by atoms with Gasteiger partial charge in [-0.3, -0.25) is 0 Å². The molecule has 0 saturated heterocycles. The first-order chi connectivity index (χ1) is 7.00. The van der Waals surface area contributed by atoms with Crippen LogP contribution in [0.15, 0.2) is 18.2 Å². The zero-order chi connectivity index (χ0) is 11.4. The molecule has 1 aromatic rings. The highest BCUT2D eigenvalue weighted by Gasteiger charge is 2.10. The van der Waals surface area contributed by atoms with E-state index in [4.69, 9.17) is 5.11 Å². The fourth-order valence-electron chi connectivity index (χ4n) is 1.34. The molecular weight excluding hydrogens is 197 g/mol. The molecule has 0 aromatic heterocycles. The van der Waals surface area contributed by atoms with Crippen molar-refractivity contribution in [3.63, 3.8) is 0 Å². The van der Waals surface area contributed by atoms with Gasteiger partial charge in [-0.1, -0.05) is 6.07 Å². The van der Waals surface area contributed by atoms with E-state index in [-0.39, 0.29) is 11.8 Å². The van der Waals surface area contributed by atoms with Crippen LogP contribution in [0.5, 0.6) is 5.75 Å². The molecule has 1 unspecified atom stereocenters. The van der Waals surface area contributed by atoms with Crippen molar-refractivity contribution >= 4 is 0 Å². The Hall–Kier alpha value is -1.13. The van der Waals surface area contributed by atoms with Crippen LogP contribution in [0, 0.1) is 5.82 Å². The Morgan fingerprint density at radius 3 is 2.60 bits per heavy atom. The molecule has 0 saturated carbocycles. The Labute approximate surface area is 88.6 Å². The van der Waals surface area contributed by atoms with Crippen LogP contribution in [0.1, 0.15) is 25.5 Å². The van der Waals surface area contributed by atoms with E-state index in [2.05, 4.69) is 5.32 Å². The SMILES string of the molecule is CC(NC[C@H](C)O)c1ccc(F)cc1O. The van der Waals surface area contributed by atoms with Crippen LogP contribution in [0.25, 0.3) is 0 Å². The average Bonchev–Trinajstić information content (AvgIpc) is 2.14. The number of phenols is 1. The average molecular weight is 213 g/mol. The molecule has 0 aliphatic heterocycles. The molecule has 0 radical (unpaired) electrons. The summed E-state index contributed by atoms with van der Waals surface area (Å²) in [5.41, 5.74) is 0.622. The molecule has 84 valence electrons. The fourth-order valence-corrected chi connectivity index (χ4v) is 1.34. The number of halogens is 1. The maximum Gasteiger partial charge on any atom is 0.126 e. The van der Waals surface area contributed by atoms with Crippen molar-refractivity contribution in [2.75, 3.05) is 6.54 Å². The summed E-state index contributed by atoms with van der Waals surface area (Å²) in [6.45, 7) is 3.94. The van der Waals surface area contributed by atoms with Gasteiger partial charge in [-0.05, 0) is 19.9 Å². The van der Waals surface area contributed by atoms with Gasteiger partial charge < -0.3 is 15.5 Å². The van der Waals surface area contributed by atoms with Gasteiger partial charge in [-0.25, -0.2) is 4.39 Å². The molecule has 0 spiro atoms. The van der Waals surface area contributed by atoms with E-state index in [0.29, 0.717) is 12.1 Å². The van der Waals surface area contributed by atoms with Crippen LogP contribution in [0.3, 0.4) is 0 Å². The first kappa shape index (κ1) is 11.9. The van der Waals surface area contributed by atoms with E-state index in [1.54, 1.807) is 6.92 Å². The van der Waals surface area contributed by atoms with Crippen molar-refractivity contribution in [3.8, 4) is 5.75 Å². The first-order valence-corrected chi connectivity index (χ1v) is 4.90. The lowest BCUT2D eigenvalue weighted by Gasteiger charge is -2.16.